The first-order chi connectivity index (χ1) is 12.5. The quantitative estimate of drug-likeness (QED) is 0.763. The molecular weight excluding hydrogens is 332 g/mol. The molecule has 2 amide bonds. The lowest BCUT2D eigenvalue weighted by Crippen LogP contribution is -2.22. The van der Waals surface area contributed by atoms with Crippen molar-refractivity contribution in [3.8, 4) is 5.88 Å². The highest BCUT2D eigenvalue weighted by molar-refractivity contribution is 5.96. The summed E-state index contributed by atoms with van der Waals surface area (Å²) in [5, 5.41) is 3.47. The number of hydrogen-bond acceptors (Lipinski definition) is 5. The molecule has 7 nitrogen and oxygen atoms in total. The molecule has 26 heavy (non-hydrogen) atoms. The number of nitrogens with one attached hydrogen (secondary N) is 1. The summed E-state index contributed by atoms with van der Waals surface area (Å²) in [7, 11) is 3.37. The van der Waals surface area contributed by atoms with Gasteiger partial charge in [-0.15, -0.1) is 0 Å². The highest BCUT2D eigenvalue weighted by Crippen LogP contribution is 2.20. The molecule has 0 atom stereocenters. The first-order valence-corrected chi connectivity index (χ1v) is 7.98. The van der Waals surface area contributed by atoms with Gasteiger partial charge in [-0.2, -0.15) is 0 Å². The van der Waals surface area contributed by atoms with Crippen molar-refractivity contribution in [2.75, 3.05) is 26.0 Å². The van der Waals surface area contributed by atoms with E-state index in [2.05, 4.69) is 15.3 Å². The van der Waals surface area contributed by atoms with E-state index in [4.69, 9.17) is 4.74 Å². The van der Waals surface area contributed by atoms with Crippen LogP contribution in [0.25, 0.3) is 10.9 Å². The van der Waals surface area contributed by atoms with E-state index in [9.17, 15) is 9.59 Å². The van der Waals surface area contributed by atoms with Gasteiger partial charge in [0.1, 0.15) is 6.33 Å². The van der Waals surface area contributed by atoms with Crippen molar-refractivity contribution < 1.29 is 14.3 Å². The van der Waals surface area contributed by atoms with Crippen molar-refractivity contribution in [3.63, 3.8) is 0 Å². The summed E-state index contributed by atoms with van der Waals surface area (Å²) in [4.78, 5) is 33.7. The molecule has 0 aliphatic heterocycles. The second kappa shape index (κ2) is 7.60. The van der Waals surface area contributed by atoms with Crippen LogP contribution in [0.15, 0.2) is 54.9 Å². The third kappa shape index (κ3) is 3.94. The van der Waals surface area contributed by atoms with Gasteiger partial charge in [-0.05, 0) is 36.4 Å². The van der Waals surface area contributed by atoms with Crippen LogP contribution in [0.4, 0.5) is 5.69 Å². The van der Waals surface area contributed by atoms with Crippen LogP contribution in [0.3, 0.4) is 0 Å². The topological polar surface area (TPSA) is 84.4 Å². The lowest BCUT2D eigenvalue weighted by molar-refractivity contribution is -0.118. The maximum absolute atomic E-state index is 12.1. The summed E-state index contributed by atoms with van der Waals surface area (Å²) in [6.45, 7) is -0.181. The Morgan fingerprint density at radius 1 is 1.04 bits per heavy atom. The number of fused-ring (bicyclic) bond motifs is 1. The summed E-state index contributed by atoms with van der Waals surface area (Å²) in [6.07, 6.45) is 1.40. The lowest BCUT2D eigenvalue weighted by Gasteiger charge is -2.11. The van der Waals surface area contributed by atoms with E-state index in [1.165, 1.54) is 11.2 Å². The molecule has 0 saturated heterocycles. The van der Waals surface area contributed by atoms with Crippen molar-refractivity contribution in [2.24, 2.45) is 0 Å². The summed E-state index contributed by atoms with van der Waals surface area (Å²) in [5.41, 5.74) is 1.89. The minimum atomic E-state index is -0.320. The van der Waals surface area contributed by atoms with Gasteiger partial charge in [0.25, 0.3) is 11.8 Å². The first-order valence-electron chi connectivity index (χ1n) is 7.98. The maximum atomic E-state index is 12.1. The van der Waals surface area contributed by atoms with Crippen LogP contribution < -0.4 is 10.1 Å². The van der Waals surface area contributed by atoms with Gasteiger partial charge in [-0.3, -0.25) is 9.59 Å². The zero-order valence-electron chi connectivity index (χ0n) is 14.5. The van der Waals surface area contributed by atoms with E-state index in [1.54, 1.807) is 38.4 Å². The molecule has 0 aliphatic rings. The highest BCUT2D eigenvalue weighted by Gasteiger charge is 2.10. The van der Waals surface area contributed by atoms with Crippen molar-refractivity contribution in [1.29, 1.82) is 0 Å². The number of anilines is 1. The van der Waals surface area contributed by atoms with Crippen molar-refractivity contribution in [2.45, 2.75) is 0 Å². The average Bonchev–Trinajstić information content (AvgIpc) is 2.66. The van der Waals surface area contributed by atoms with Crippen LogP contribution in [-0.2, 0) is 4.79 Å². The predicted octanol–water partition coefficient (Wildman–Crippen LogP) is 2.35. The van der Waals surface area contributed by atoms with E-state index in [0.717, 1.165) is 10.9 Å². The molecule has 1 heterocycles. The molecule has 1 aromatic heterocycles. The smallest absolute Gasteiger partial charge is 0.262 e. The number of carbonyl (C=O) groups excluding carboxylic acids is 2. The summed E-state index contributed by atoms with van der Waals surface area (Å²) >= 11 is 0. The molecule has 0 fully saturated rings. The summed E-state index contributed by atoms with van der Waals surface area (Å²) in [6, 6.07) is 14.1. The fraction of sp³-hybridized carbons (Fsp3) is 0.158. The van der Waals surface area contributed by atoms with Gasteiger partial charge in [0.2, 0.25) is 5.88 Å². The molecule has 0 unspecified atom stereocenters. The highest BCUT2D eigenvalue weighted by atomic mass is 16.5. The van der Waals surface area contributed by atoms with E-state index < -0.39 is 0 Å². The minimum absolute atomic E-state index is 0.0955. The van der Waals surface area contributed by atoms with Crippen LogP contribution >= 0.6 is 0 Å². The van der Waals surface area contributed by atoms with Crippen LogP contribution in [0, 0.1) is 0 Å². The maximum Gasteiger partial charge on any atom is 0.262 e. The molecule has 2 aromatic carbocycles. The Kier molecular flexibility index (Phi) is 5.07. The molecule has 0 saturated carbocycles. The molecule has 3 rings (SSSR count). The normalized spacial score (nSPS) is 10.4. The molecule has 0 bridgehead atoms. The van der Waals surface area contributed by atoms with Gasteiger partial charge in [0, 0.05) is 25.3 Å². The first kappa shape index (κ1) is 17.3. The van der Waals surface area contributed by atoms with Crippen molar-refractivity contribution in [1.82, 2.24) is 14.9 Å². The Balaban J connectivity index is 1.61. The molecule has 7 heteroatoms. The standard InChI is InChI=1S/C19H18N4O3/c1-23(2)19(25)13-7-9-14(10-8-13)22-17(24)11-26-18-15-5-3-4-6-16(15)20-12-21-18/h3-10,12H,11H2,1-2H3,(H,22,24). The number of benzene rings is 2. The minimum Gasteiger partial charge on any atom is -0.467 e. The Morgan fingerprint density at radius 3 is 2.50 bits per heavy atom. The molecule has 1 N–H and O–H groups in total. The van der Waals surface area contributed by atoms with Crippen LogP contribution in [-0.4, -0.2) is 47.4 Å². The zero-order valence-corrected chi connectivity index (χ0v) is 14.5. The van der Waals surface area contributed by atoms with E-state index in [-0.39, 0.29) is 18.4 Å². The van der Waals surface area contributed by atoms with Gasteiger partial charge >= 0.3 is 0 Å². The number of aromatic nitrogens is 2. The van der Waals surface area contributed by atoms with Gasteiger partial charge in [-0.25, -0.2) is 9.97 Å². The molecule has 0 spiro atoms. The number of para-hydroxylation sites is 1. The van der Waals surface area contributed by atoms with Crippen molar-refractivity contribution >= 4 is 28.4 Å². The second-order valence-corrected chi connectivity index (χ2v) is 5.81. The van der Waals surface area contributed by atoms with Gasteiger partial charge in [-0.1, -0.05) is 12.1 Å². The van der Waals surface area contributed by atoms with E-state index >= 15 is 0 Å². The van der Waals surface area contributed by atoms with Crippen LogP contribution in [0.2, 0.25) is 0 Å². The van der Waals surface area contributed by atoms with Crippen LogP contribution in [0.1, 0.15) is 10.4 Å². The van der Waals surface area contributed by atoms with Crippen molar-refractivity contribution in [3.05, 3.63) is 60.4 Å². The Hall–Kier alpha value is -3.48. The summed E-state index contributed by atoms with van der Waals surface area (Å²) < 4.78 is 5.52. The van der Waals surface area contributed by atoms with Gasteiger partial charge in [0.15, 0.2) is 6.61 Å². The number of hydrogen-bond donors (Lipinski definition) is 1. The van der Waals surface area contributed by atoms with E-state index in [1.807, 2.05) is 24.3 Å². The van der Waals surface area contributed by atoms with E-state index in [0.29, 0.717) is 17.1 Å². The van der Waals surface area contributed by atoms with Crippen LogP contribution in [0.5, 0.6) is 5.88 Å². The number of ether oxygens (including phenoxy) is 1. The predicted molar refractivity (Wildman–Crippen MR) is 98.1 cm³/mol. The third-order valence-electron chi connectivity index (χ3n) is 3.67. The fourth-order valence-corrected chi connectivity index (χ4v) is 2.38. The molecular formula is C19H18N4O3. The Morgan fingerprint density at radius 2 is 1.77 bits per heavy atom. The SMILES string of the molecule is CN(C)C(=O)c1ccc(NC(=O)COc2ncnc3ccccc23)cc1. The van der Waals surface area contributed by atoms with Gasteiger partial charge in [0.05, 0.1) is 10.9 Å². The fourth-order valence-electron chi connectivity index (χ4n) is 2.38. The second-order valence-electron chi connectivity index (χ2n) is 5.81. The Labute approximate surface area is 150 Å². The lowest BCUT2D eigenvalue weighted by atomic mass is 10.2. The monoisotopic (exact) mass is 350 g/mol. The molecule has 0 radical (unpaired) electrons. The molecule has 0 aliphatic carbocycles. The number of rotatable bonds is 5. The van der Waals surface area contributed by atoms with Gasteiger partial charge < -0.3 is 15.0 Å². The Bertz CT molecular complexity index is 934. The number of nitrogens with zero attached hydrogens (tertiary/aromatic N) is 3. The largest absolute Gasteiger partial charge is 0.467 e. The molecule has 132 valence electrons. The number of amides is 2. The zero-order chi connectivity index (χ0) is 18.5. The average molecular weight is 350 g/mol. The summed E-state index contributed by atoms with van der Waals surface area (Å²) in [5.74, 6) is -0.0566. The third-order valence-corrected chi connectivity index (χ3v) is 3.67. The number of carbonyl (C=O) groups is 2. The molecule has 3 aromatic rings.